The summed E-state index contributed by atoms with van der Waals surface area (Å²) in [5, 5.41) is 3.08. The summed E-state index contributed by atoms with van der Waals surface area (Å²) in [6.45, 7) is 6.08. The molecule has 6 heteroatoms. The number of allylic oxidation sites excluding steroid dienone is 1. The third-order valence-corrected chi connectivity index (χ3v) is 8.12. The van der Waals surface area contributed by atoms with E-state index in [1.165, 1.54) is 17.3 Å². The number of rotatable bonds is 6. The second-order valence-electron chi connectivity index (χ2n) is 9.26. The van der Waals surface area contributed by atoms with Crippen LogP contribution in [0.3, 0.4) is 0 Å². The van der Waals surface area contributed by atoms with Crippen LogP contribution in [0.2, 0.25) is 0 Å². The zero-order valence-corrected chi connectivity index (χ0v) is 20.2. The second kappa shape index (κ2) is 9.26. The van der Waals surface area contributed by atoms with Crippen LogP contribution in [0.1, 0.15) is 43.7 Å². The largest absolute Gasteiger partial charge is 0.325 e. The van der Waals surface area contributed by atoms with Crippen LogP contribution in [0.25, 0.3) is 11.3 Å². The molecule has 174 valence electrons. The molecule has 1 amide bonds. The van der Waals surface area contributed by atoms with Crippen LogP contribution in [-0.4, -0.2) is 20.7 Å². The Kier molecular flexibility index (Phi) is 6.17. The predicted octanol–water partition coefficient (Wildman–Crippen LogP) is 5.58. The van der Waals surface area contributed by atoms with E-state index in [1.807, 2.05) is 43.3 Å². The predicted molar refractivity (Wildman–Crippen MR) is 138 cm³/mol. The molecule has 1 aromatic heterocycles. The van der Waals surface area contributed by atoms with E-state index in [9.17, 15) is 9.59 Å². The number of nitrogens with one attached hydrogen (secondary N) is 1. The molecule has 5 rings (SSSR count). The third kappa shape index (κ3) is 4.00. The summed E-state index contributed by atoms with van der Waals surface area (Å²) < 4.78 is 1.71. The van der Waals surface area contributed by atoms with Gasteiger partial charge in [-0.2, -0.15) is 0 Å². The molecule has 1 spiro atoms. The van der Waals surface area contributed by atoms with E-state index in [4.69, 9.17) is 4.98 Å². The third-order valence-electron chi connectivity index (χ3n) is 7.03. The number of nitrogens with zero attached hydrogens (tertiary/aromatic N) is 2. The number of anilines is 1. The normalized spacial score (nSPS) is 16.5. The minimum absolute atomic E-state index is 0.0134. The van der Waals surface area contributed by atoms with Crippen molar-refractivity contribution in [2.75, 3.05) is 5.32 Å². The summed E-state index contributed by atoms with van der Waals surface area (Å²) in [6, 6.07) is 17.7. The average molecular weight is 472 g/mol. The molecule has 1 N–H and O–H groups in total. The van der Waals surface area contributed by atoms with Gasteiger partial charge in [-0.15, -0.1) is 6.58 Å². The molecular weight excluding hydrogens is 442 g/mol. The number of fused-ring (bicyclic) bond motifs is 4. The average Bonchev–Trinajstić information content (AvgIpc) is 3.30. The molecule has 1 unspecified atom stereocenters. The number of amides is 1. The van der Waals surface area contributed by atoms with Gasteiger partial charge in [0.1, 0.15) is 0 Å². The summed E-state index contributed by atoms with van der Waals surface area (Å²) in [7, 11) is 0. The molecule has 34 heavy (non-hydrogen) atoms. The van der Waals surface area contributed by atoms with Crippen molar-refractivity contribution in [3.05, 3.63) is 88.7 Å². The standard InChI is InChI=1S/C28H29N3O2S/c1-3-17-31-26(33)23-24(22-14-8-7-11-20(22)18-28(23)15-9-10-16-28)30-27(31)34-19(2)25(32)29-21-12-5-4-6-13-21/h3-8,11-14,19H,1,9-10,15-18H2,2H3,(H,29,32). The Labute approximate surface area is 204 Å². The Morgan fingerprint density at radius 1 is 1.18 bits per heavy atom. The first-order valence-corrected chi connectivity index (χ1v) is 12.8. The highest BCUT2D eigenvalue weighted by atomic mass is 32.2. The Hall–Kier alpha value is -3.12. The van der Waals surface area contributed by atoms with Crippen molar-refractivity contribution in [1.82, 2.24) is 9.55 Å². The van der Waals surface area contributed by atoms with Crippen molar-refractivity contribution in [2.45, 2.75) is 61.4 Å². The van der Waals surface area contributed by atoms with Gasteiger partial charge < -0.3 is 5.32 Å². The number of thioether (sulfide) groups is 1. The Bertz CT molecular complexity index is 1290. The van der Waals surface area contributed by atoms with Gasteiger partial charge in [-0.1, -0.05) is 73.1 Å². The first-order chi connectivity index (χ1) is 16.5. The van der Waals surface area contributed by atoms with Crippen LogP contribution in [0, 0.1) is 0 Å². The van der Waals surface area contributed by atoms with E-state index in [1.54, 1.807) is 10.6 Å². The zero-order valence-electron chi connectivity index (χ0n) is 19.4. The van der Waals surface area contributed by atoms with Crippen molar-refractivity contribution in [2.24, 2.45) is 0 Å². The van der Waals surface area contributed by atoms with E-state index in [2.05, 4.69) is 30.1 Å². The summed E-state index contributed by atoms with van der Waals surface area (Å²) >= 11 is 1.32. The molecule has 0 aliphatic heterocycles. The van der Waals surface area contributed by atoms with E-state index < -0.39 is 5.25 Å². The molecule has 1 fully saturated rings. The summed E-state index contributed by atoms with van der Waals surface area (Å²) in [5.74, 6) is -0.124. The van der Waals surface area contributed by atoms with Crippen LogP contribution in [-0.2, 0) is 23.2 Å². The molecule has 3 aromatic rings. The fraction of sp³-hybridized carbons (Fsp3) is 0.321. The highest BCUT2D eigenvalue weighted by Crippen LogP contribution is 2.50. The Morgan fingerprint density at radius 3 is 2.62 bits per heavy atom. The molecule has 0 saturated heterocycles. The van der Waals surface area contributed by atoms with Crippen molar-refractivity contribution in [3.8, 4) is 11.3 Å². The number of para-hydroxylation sites is 1. The minimum atomic E-state index is -0.430. The van der Waals surface area contributed by atoms with Gasteiger partial charge in [0.25, 0.3) is 5.56 Å². The number of benzene rings is 2. The second-order valence-corrected chi connectivity index (χ2v) is 10.6. The highest BCUT2D eigenvalue weighted by Gasteiger charge is 2.44. The number of hydrogen-bond acceptors (Lipinski definition) is 4. The smallest absolute Gasteiger partial charge is 0.258 e. The van der Waals surface area contributed by atoms with E-state index in [-0.39, 0.29) is 16.9 Å². The lowest BCUT2D eigenvalue weighted by molar-refractivity contribution is -0.115. The van der Waals surface area contributed by atoms with Gasteiger partial charge in [0.05, 0.1) is 16.5 Å². The van der Waals surface area contributed by atoms with E-state index >= 15 is 0 Å². The molecule has 1 saturated carbocycles. The zero-order chi connectivity index (χ0) is 23.7. The molecule has 1 heterocycles. The topological polar surface area (TPSA) is 64.0 Å². The maximum Gasteiger partial charge on any atom is 0.258 e. The van der Waals surface area contributed by atoms with Crippen LogP contribution < -0.4 is 10.9 Å². The molecule has 5 nitrogen and oxygen atoms in total. The first-order valence-electron chi connectivity index (χ1n) is 11.9. The number of aromatic nitrogens is 2. The van der Waals surface area contributed by atoms with Gasteiger partial charge in [-0.25, -0.2) is 4.98 Å². The fourth-order valence-corrected chi connectivity index (χ4v) is 6.31. The number of carbonyl (C=O) groups excluding carboxylic acids is 1. The number of carbonyl (C=O) groups is 1. The lowest BCUT2D eigenvalue weighted by atomic mass is 9.68. The molecule has 0 bridgehead atoms. The molecule has 0 radical (unpaired) electrons. The van der Waals surface area contributed by atoms with Crippen LogP contribution >= 0.6 is 11.8 Å². The molecule has 2 aliphatic carbocycles. The van der Waals surface area contributed by atoms with Crippen molar-refractivity contribution >= 4 is 23.4 Å². The first kappa shape index (κ1) is 22.7. The van der Waals surface area contributed by atoms with Gasteiger partial charge in [-0.05, 0) is 43.9 Å². The monoisotopic (exact) mass is 471 g/mol. The lowest BCUT2D eigenvalue weighted by Gasteiger charge is -2.36. The van der Waals surface area contributed by atoms with Gasteiger partial charge in [0.15, 0.2) is 5.16 Å². The molecule has 1 atom stereocenters. The Morgan fingerprint density at radius 2 is 1.88 bits per heavy atom. The van der Waals surface area contributed by atoms with Gasteiger partial charge in [0, 0.05) is 23.2 Å². The summed E-state index contributed by atoms with van der Waals surface area (Å²) in [6.07, 6.45) is 6.92. The van der Waals surface area contributed by atoms with E-state index in [0.717, 1.165) is 54.6 Å². The molecule has 2 aromatic carbocycles. The maximum atomic E-state index is 14.0. The van der Waals surface area contributed by atoms with Gasteiger partial charge in [-0.3, -0.25) is 14.2 Å². The highest BCUT2D eigenvalue weighted by molar-refractivity contribution is 8.00. The minimum Gasteiger partial charge on any atom is -0.325 e. The van der Waals surface area contributed by atoms with Crippen molar-refractivity contribution in [3.63, 3.8) is 0 Å². The maximum absolute atomic E-state index is 14.0. The summed E-state index contributed by atoms with van der Waals surface area (Å²) in [4.78, 5) is 32.0. The Balaban J connectivity index is 1.58. The van der Waals surface area contributed by atoms with Gasteiger partial charge in [0.2, 0.25) is 5.91 Å². The summed E-state index contributed by atoms with van der Waals surface area (Å²) in [5.41, 5.74) is 4.58. The fourth-order valence-electron chi connectivity index (χ4n) is 5.40. The van der Waals surface area contributed by atoms with Crippen molar-refractivity contribution in [1.29, 1.82) is 0 Å². The van der Waals surface area contributed by atoms with Crippen LogP contribution in [0.5, 0.6) is 0 Å². The number of hydrogen-bond donors (Lipinski definition) is 1. The van der Waals surface area contributed by atoms with Crippen molar-refractivity contribution < 1.29 is 4.79 Å². The lowest BCUT2D eigenvalue weighted by Crippen LogP contribution is -2.40. The SMILES string of the molecule is C=CCn1c(SC(C)C(=O)Nc2ccccc2)nc2c(c1=O)C1(CCCC1)Cc1ccccc1-2. The molecule has 2 aliphatic rings. The van der Waals surface area contributed by atoms with Gasteiger partial charge >= 0.3 is 0 Å². The quantitative estimate of drug-likeness (QED) is 0.289. The van der Waals surface area contributed by atoms with Crippen LogP contribution in [0.15, 0.2) is 77.2 Å². The molecular formula is C28H29N3O2S. The van der Waals surface area contributed by atoms with Crippen LogP contribution in [0.4, 0.5) is 5.69 Å². The van der Waals surface area contributed by atoms with E-state index in [0.29, 0.717) is 11.7 Å².